The fourth-order valence-corrected chi connectivity index (χ4v) is 1.50. The Kier molecular flexibility index (Phi) is 5.79. The molecule has 0 aliphatic rings. The number of halogens is 2. The summed E-state index contributed by atoms with van der Waals surface area (Å²) in [7, 11) is 1.76. The number of nitrogens with one attached hydrogen (secondary N) is 1. The number of pyridine rings is 1. The van der Waals surface area contributed by atoms with Crippen LogP contribution in [0.5, 0.6) is 0 Å². The van der Waals surface area contributed by atoms with Crippen LogP contribution in [0.2, 0.25) is 0 Å². The van der Waals surface area contributed by atoms with Crippen molar-refractivity contribution in [1.29, 1.82) is 0 Å². The van der Waals surface area contributed by atoms with E-state index in [2.05, 4.69) is 10.3 Å². The zero-order valence-electron chi connectivity index (χ0n) is 9.74. The van der Waals surface area contributed by atoms with Gasteiger partial charge in [0.1, 0.15) is 5.82 Å². The molecule has 1 rings (SSSR count). The van der Waals surface area contributed by atoms with Crippen LogP contribution in [-0.4, -0.2) is 48.2 Å². The van der Waals surface area contributed by atoms with E-state index >= 15 is 0 Å². The summed E-state index contributed by atoms with van der Waals surface area (Å²) in [5.74, 6) is 0.733. The van der Waals surface area contributed by atoms with Crippen molar-refractivity contribution in [2.45, 2.75) is 13.0 Å². The van der Waals surface area contributed by atoms with Gasteiger partial charge in [0.25, 0.3) is 6.43 Å². The molecule has 1 aromatic rings. The van der Waals surface area contributed by atoms with E-state index in [9.17, 15) is 8.78 Å². The van der Waals surface area contributed by atoms with Crippen molar-refractivity contribution in [2.75, 3.05) is 32.1 Å². The zero-order valence-corrected chi connectivity index (χ0v) is 9.74. The second kappa shape index (κ2) is 7.13. The van der Waals surface area contributed by atoms with Crippen molar-refractivity contribution >= 4 is 5.82 Å². The van der Waals surface area contributed by atoms with Gasteiger partial charge in [0.05, 0.1) is 13.2 Å². The molecule has 0 atom stereocenters. The van der Waals surface area contributed by atoms with Gasteiger partial charge in [-0.1, -0.05) is 6.07 Å². The highest BCUT2D eigenvalue weighted by Crippen LogP contribution is 2.08. The summed E-state index contributed by atoms with van der Waals surface area (Å²) in [5.41, 5.74) is 0.845. The molecule has 1 aromatic heterocycles. The van der Waals surface area contributed by atoms with E-state index in [1.165, 1.54) is 4.90 Å². The van der Waals surface area contributed by atoms with Crippen LogP contribution in [0.3, 0.4) is 0 Å². The second-order valence-electron chi connectivity index (χ2n) is 3.65. The van der Waals surface area contributed by atoms with E-state index in [4.69, 9.17) is 5.11 Å². The van der Waals surface area contributed by atoms with Gasteiger partial charge in [-0.05, 0) is 11.6 Å². The van der Waals surface area contributed by atoms with Crippen molar-refractivity contribution in [3.05, 3.63) is 23.9 Å². The molecule has 4 nitrogen and oxygen atoms in total. The van der Waals surface area contributed by atoms with E-state index in [0.717, 1.165) is 11.4 Å². The molecule has 6 heteroatoms. The van der Waals surface area contributed by atoms with Crippen LogP contribution < -0.4 is 5.32 Å². The molecule has 0 aromatic carbocycles. The van der Waals surface area contributed by atoms with Gasteiger partial charge in [-0.2, -0.15) is 0 Å². The largest absolute Gasteiger partial charge is 0.395 e. The van der Waals surface area contributed by atoms with Gasteiger partial charge in [-0.3, -0.25) is 4.90 Å². The SMILES string of the molecule is CNc1ccc(CN(CCO)CC(F)F)cn1. The quantitative estimate of drug-likeness (QED) is 0.757. The normalized spacial score (nSPS) is 11.2. The Hall–Kier alpha value is -1.27. The van der Waals surface area contributed by atoms with Crippen LogP contribution in [0, 0.1) is 0 Å². The van der Waals surface area contributed by atoms with E-state index in [-0.39, 0.29) is 19.7 Å². The van der Waals surface area contributed by atoms with Gasteiger partial charge >= 0.3 is 0 Å². The average molecular weight is 245 g/mol. The minimum absolute atomic E-state index is 0.130. The minimum Gasteiger partial charge on any atom is -0.395 e. The first-order valence-electron chi connectivity index (χ1n) is 5.39. The third-order valence-electron chi connectivity index (χ3n) is 2.30. The van der Waals surface area contributed by atoms with Gasteiger partial charge in [-0.25, -0.2) is 13.8 Å². The number of anilines is 1. The lowest BCUT2D eigenvalue weighted by molar-refractivity contribution is 0.0746. The van der Waals surface area contributed by atoms with Gasteiger partial charge in [0.15, 0.2) is 0 Å². The lowest BCUT2D eigenvalue weighted by Crippen LogP contribution is -2.31. The van der Waals surface area contributed by atoms with Crippen LogP contribution in [0.1, 0.15) is 5.56 Å². The van der Waals surface area contributed by atoms with E-state index in [1.807, 2.05) is 6.07 Å². The number of nitrogens with zero attached hydrogens (tertiary/aromatic N) is 2. The van der Waals surface area contributed by atoms with Crippen molar-refractivity contribution < 1.29 is 13.9 Å². The summed E-state index contributed by atoms with van der Waals surface area (Å²) in [6.07, 6.45) is -0.757. The molecule has 0 unspecified atom stereocenters. The van der Waals surface area contributed by atoms with Crippen molar-refractivity contribution in [3.8, 4) is 0 Å². The first-order chi connectivity index (χ1) is 8.15. The lowest BCUT2D eigenvalue weighted by Gasteiger charge is -2.20. The van der Waals surface area contributed by atoms with Crippen LogP contribution in [0.15, 0.2) is 18.3 Å². The predicted octanol–water partition coefficient (Wildman–Crippen LogP) is 1.18. The third-order valence-corrected chi connectivity index (χ3v) is 2.30. The molecule has 0 aliphatic heterocycles. The molecule has 0 bridgehead atoms. The fourth-order valence-electron chi connectivity index (χ4n) is 1.50. The molecular weight excluding hydrogens is 228 g/mol. The molecule has 0 fully saturated rings. The summed E-state index contributed by atoms with van der Waals surface area (Å²) >= 11 is 0. The van der Waals surface area contributed by atoms with Crippen molar-refractivity contribution in [3.63, 3.8) is 0 Å². The third kappa shape index (κ3) is 5.06. The average Bonchev–Trinajstić information content (AvgIpc) is 2.29. The molecule has 17 heavy (non-hydrogen) atoms. The molecule has 0 saturated heterocycles. The Balaban J connectivity index is 2.58. The van der Waals surface area contributed by atoms with E-state index in [0.29, 0.717) is 6.54 Å². The first-order valence-corrected chi connectivity index (χ1v) is 5.39. The zero-order chi connectivity index (χ0) is 12.7. The number of rotatable bonds is 7. The molecule has 0 amide bonds. The molecule has 1 heterocycles. The highest BCUT2D eigenvalue weighted by atomic mass is 19.3. The first kappa shape index (κ1) is 13.8. The summed E-state index contributed by atoms with van der Waals surface area (Å²) in [6.45, 7) is 0.128. The van der Waals surface area contributed by atoms with Gasteiger partial charge < -0.3 is 10.4 Å². The molecule has 0 saturated carbocycles. The molecule has 0 spiro atoms. The highest BCUT2D eigenvalue weighted by Gasteiger charge is 2.12. The maximum atomic E-state index is 12.3. The van der Waals surface area contributed by atoms with Crippen molar-refractivity contribution in [2.24, 2.45) is 0 Å². The Morgan fingerprint density at radius 1 is 1.47 bits per heavy atom. The Morgan fingerprint density at radius 2 is 2.24 bits per heavy atom. The summed E-state index contributed by atoms with van der Waals surface area (Å²) in [4.78, 5) is 5.60. The summed E-state index contributed by atoms with van der Waals surface area (Å²) in [5, 5.41) is 11.7. The number of hydrogen-bond donors (Lipinski definition) is 2. The molecule has 2 N–H and O–H groups in total. The number of alkyl halides is 2. The number of aromatic nitrogens is 1. The van der Waals surface area contributed by atoms with Crippen molar-refractivity contribution in [1.82, 2.24) is 9.88 Å². The van der Waals surface area contributed by atoms with Crippen LogP contribution in [0.4, 0.5) is 14.6 Å². The molecule has 96 valence electrons. The lowest BCUT2D eigenvalue weighted by atomic mass is 10.2. The summed E-state index contributed by atoms with van der Waals surface area (Å²) < 4.78 is 24.6. The fraction of sp³-hybridized carbons (Fsp3) is 0.545. The smallest absolute Gasteiger partial charge is 0.251 e. The maximum absolute atomic E-state index is 12.3. The molecular formula is C11H17F2N3O. The van der Waals surface area contributed by atoms with Gasteiger partial charge in [0, 0.05) is 26.3 Å². The standard InChI is InChI=1S/C11H17F2N3O/c1-14-11-3-2-9(6-15-11)7-16(4-5-17)8-10(12)13/h2-3,6,10,17H,4-5,7-8H2,1H3,(H,14,15). The van der Waals surface area contributed by atoms with Gasteiger partial charge in [-0.15, -0.1) is 0 Å². The van der Waals surface area contributed by atoms with Gasteiger partial charge in [0.2, 0.25) is 0 Å². The number of aliphatic hydroxyl groups excluding tert-OH is 1. The maximum Gasteiger partial charge on any atom is 0.251 e. The molecule has 0 radical (unpaired) electrons. The predicted molar refractivity (Wildman–Crippen MR) is 62.2 cm³/mol. The van der Waals surface area contributed by atoms with E-state index < -0.39 is 6.43 Å². The van der Waals surface area contributed by atoms with Crippen LogP contribution >= 0.6 is 0 Å². The number of aliphatic hydroxyl groups is 1. The minimum atomic E-state index is -2.40. The Labute approximate surface area is 99.3 Å². The topological polar surface area (TPSA) is 48.4 Å². The monoisotopic (exact) mass is 245 g/mol. The highest BCUT2D eigenvalue weighted by molar-refractivity contribution is 5.34. The Bertz CT molecular complexity index is 319. The van der Waals surface area contributed by atoms with Crippen LogP contribution in [-0.2, 0) is 6.54 Å². The number of hydrogen-bond acceptors (Lipinski definition) is 4. The Morgan fingerprint density at radius 3 is 2.71 bits per heavy atom. The van der Waals surface area contributed by atoms with E-state index in [1.54, 1.807) is 19.3 Å². The molecule has 0 aliphatic carbocycles. The second-order valence-corrected chi connectivity index (χ2v) is 3.65. The summed E-state index contributed by atoms with van der Waals surface area (Å²) in [6, 6.07) is 3.61. The van der Waals surface area contributed by atoms with Crippen LogP contribution in [0.25, 0.3) is 0 Å².